The fourth-order valence-corrected chi connectivity index (χ4v) is 5.33. The number of hydrogen-bond acceptors (Lipinski definition) is 5. The molecule has 5 atom stereocenters. The van der Waals surface area contributed by atoms with Gasteiger partial charge in [0.1, 0.15) is 12.2 Å². The third-order valence-electron chi connectivity index (χ3n) is 6.97. The van der Waals surface area contributed by atoms with Gasteiger partial charge in [-0.15, -0.1) is 0 Å². The molecule has 2 aliphatic carbocycles. The van der Waals surface area contributed by atoms with E-state index >= 15 is 0 Å². The maximum absolute atomic E-state index is 12.6. The fraction of sp³-hybridized carbons (Fsp3) is 0.593. The standard InChI is InChI=1S/C27H38N2O4/c1-18(2)24-12-10-19(3)25-14-23(33-27(31)13-11-21-16-29(5)17-28-21)9-7-6-8-22(15-26(24)25)32-20(4)30/h6-7,10-11,13,16-18,22-26H,8-9,12,14-15H2,1-5H3. The van der Waals surface area contributed by atoms with E-state index in [0.717, 1.165) is 25.0 Å². The van der Waals surface area contributed by atoms with Crippen molar-refractivity contribution in [2.24, 2.45) is 30.7 Å². The molecule has 0 bridgehead atoms. The first-order valence-corrected chi connectivity index (χ1v) is 12.1. The lowest BCUT2D eigenvalue weighted by molar-refractivity contribution is -0.148. The molecule has 0 saturated heterocycles. The van der Waals surface area contributed by atoms with Crippen LogP contribution in [0.4, 0.5) is 0 Å². The Morgan fingerprint density at radius 2 is 1.82 bits per heavy atom. The zero-order chi connectivity index (χ0) is 24.0. The maximum Gasteiger partial charge on any atom is 0.331 e. The topological polar surface area (TPSA) is 70.4 Å². The lowest BCUT2D eigenvalue weighted by Crippen LogP contribution is -2.37. The molecule has 6 heteroatoms. The molecular weight excluding hydrogens is 416 g/mol. The number of carbonyl (C=O) groups excluding carboxylic acids is 2. The summed E-state index contributed by atoms with van der Waals surface area (Å²) < 4.78 is 13.4. The number of carbonyl (C=O) groups is 2. The van der Waals surface area contributed by atoms with Crippen LogP contribution in [0, 0.1) is 23.7 Å². The first kappa shape index (κ1) is 25.0. The van der Waals surface area contributed by atoms with Gasteiger partial charge in [-0.05, 0) is 55.9 Å². The van der Waals surface area contributed by atoms with Gasteiger partial charge in [0.05, 0.1) is 12.0 Å². The van der Waals surface area contributed by atoms with E-state index in [-0.39, 0.29) is 24.1 Å². The van der Waals surface area contributed by atoms with Crippen LogP contribution in [-0.4, -0.2) is 33.7 Å². The van der Waals surface area contributed by atoms with Crippen LogP contribution in [0.15, 0.2) is 42.4 Å². The van der Waals surface area contributed by atoms with Gasteiger partial charge < -0.3 is 14.0 Å². The number of imidazole rings is 1. The van der Waals surface area contributed by atoms with Crippen molar-refractivity contribution in [2.45, 2.75) is 72.0 Å². The van der Waals surface area contributed by atoms with Gasteiger partial charge in [-0.1, -0.05) is 37.6 Å². The van der Waals surface area contributed by atoms with Gasteiger partial charge in [-0.2, -0.15) is 0 Å². The summed E-state index contributed by atoms with van der Waals surface area (Å²) in [4.78, 5) is 28.5. The Balaban J connectivity index is 1.79. The normalized spacial score (nSPS) is 28.3. The van der Waals surface area contributed by atoms with Crippen LogP contribution in [-0.2, 0) is 26.1 Å². The largest absolute Gasteiger partial charge is 0.462 e. The van der Waals surface area contributed by atoms with Gasteiger partial charge in [-0.3, -0.25) is 4.79 Å². The van der Waals surface area contributed by atoms with Gasteiger partial charge in [0.15, 0.2) is 0 Å². The fourth-order valence-electron chi connectivity index (χ4n) is 5.33. The van der Waals surface area contributed by atoms with Crippen LogP contribution in [0.5, 0.6) is 0 Å². The zero-order valence-corrected chi connectivity index (χ0v) is 20.6. The minimum Gasteiger partial charge on any atom is -0.462 e. The minimum absolute atomic E-state index is 0.112. The molecular formula is C27H38N2O4. The van der Waals surface area contributed by atoms with Crippen LogP contribution in [0.25, 0.3) is 6.08 Å². The number of nitrogens with zero attached hydrogens (tertiary/aromatic N) is 2. The van der Waals surface area contributed by atoms with Crippen LogP contribution in [0.2, 0.25) is 0 Å². The van der Waals surface area contributed by atoms with Gasteiger partial charge in [0.2, 0.25) is 0 Å². The molecule has 1 aromatic heterocycles. The smallest absolute Gasteiger partial charge is 0.331 e. The number of rotatable bonds is 5. The molecule has 0 saturated carbocycles. The number of allylic oxidation sites excluding steroid dienone is 2. The Labute approximate surface area is 197 Å². The summed E-state index contributed by atoms with van der Waals surface area (Å²) in [6, 6.07) is 0. The number of aromatic nitrogens is 2. The molecule has 0 radical (unpaired) electrons. The Kier molecular flexibility index (Phi) is 8.70. The molecule has 0 spiro atoms. The Morgan fingerprint density at radius 1 is 1.12 bits per heavy atom. The summed E-state index contributed by atoms with van der Waals surface area (Å²) in [7, 11) is 1.89. The summed E-state index contributed by atoms with van der Waals surface area (Å²) in [6.07, 6.45) is 16.9. The predicted molar refractivity (Wildman–Crippen MR) is 129 cm³/mol. The van der Waals surface area contributed by atoms with E-state index in [9.17, 15) is 9.59 Å². The molecule has 1 heterocycles. The molecule has 2 aliphatic rings. The van der Waals surface area contributed by atoms with Crippen LogP contribution in [0.1, 0.15) is 65.5 Å². The highest BCUT2D eigenvalue weighted by Gasteiger charge is 2.38. The molecule has 0 fully saturated rings. The van der Waals surface area contributed by atoms with E-state index in [0.29, 0.717) is 36.5 Å². The number of aryl methyl sites for hydroxylation is 1. The monoisotopic (exact) mass is 454 g/mol. The third-order valence-corrected chi connectivity index (χ3v) is 6.97. The highest BCUT2D eigenvalue weighted by Crippen LogP contribution is 2.44. The average molecular weight is 455 g/mol. The van der Waals surface area contributed by atoms with E-state index < -0.39 is 0 Å². The molecule has 33 heavy (non-hydrogen) atoms. The maximum atomic E-state index is 12.6. The van der Waals surface area contributed by atoms with E-state index in [4.69, 9.17) is 9.47 Å². The Morgan fingerprint density at radius 3 is 2.42 bits per heavy atom. The van der Waals surface area contributed by atoms with Crippen molar-refractivity contribution in [1.29, 1.82) is 0 Å². The van der Waals surface area contributed by atoms with Crippen molar-refractivity contribution in [3.05, 3.63) is 48.1 Å². The van der Waals surface area contributed by atoms with Crippen molar-refractivity contribution in [2.75, 3.05) is 0 Å². The lowest BCUT2D eigenvalue weighted by atomic mass is 9.64. The molecule has 0 aliphatic heterocycles. The summed E-state index contributed by atoms with van der Waals surface area (Å²) in [6.45, 7) is 8.22. The second-order valence-electron chi connectivity index (χ2n) is 9.86. The van der Waals surface area contributed by atoms with Crippen LogP contribution >= 0.6 is 0 Å². The van der Waals surface area contributed by atoms with Crippen LogP contribution < -0.4 is 0 Å². The Hall–Kier alpha value is -2.63. The highest BCUT2D eigenvalue weighted by molar-refractivity contribution is 5.86. The van der Waals surface area contributed by atoms with Gasteiger partial charge in [0, 0.05) is 39.1 Å². The highest BCUT2D eigenvalue weighted by atomic mass is 16.5. The second kappa shape index (κ2) is 11.5. The SMILES string of the molecule is CC(=O)OC1CC=CCC(OC(=O)C=Cc2cn(C)cn2)CC2C(C)=CCC(C(C)C)C2C1. The van der Waals surface area contributed by atoms with E-state index in [1.165, 1.54) is 18.6 Å². The van der Waals surface area contributed by atoms with Gasteiger partial charge >= 0.3 is 11.9 Å². The van der Waals surface area contributed by atoms with Gasteiger partial charge in [-0.25, -0.2) is 9.78 Å². The minimum atomic E-state index is -0.344. The molecule has 0 aromatic carbocycles. The average Bonchev–Trinajstić information content (AvgIpc) is 3.16. The van der Waals surface area contributed by atoms with Crippen molar-refractivity contribution in [1.82, 2.24) is 9.55 Å². The first-order valence-electron chi connectivity index (χ1n) is 12.1. The van der Waals surface area contributed by atoms with Crippen molar-refractivity contribution >= 4 is 18.0 Å². The van der Waals surface area contributed by atoms with E-state index in [2.05, 4.69) is 44.0 Å². The van der Waals surface area contributed by atoms with Gasteiger partial charge in [0.25, 0.3) is 0 Å². The van der Waals surface area contributed by atoms with Crippen molar-refractivity contribution < 1.29 is 19.1 Å². The van der Waals surface area contributed by atoms with Crippen LogP contribution in [0.3, 0.4) is 0 Å². The number of fused-ring (bicyclic) bond motifs is 1. The number of esters is 2. The molecule has 3 rings (SSSR count). The third kappa shape index (κ3) is 7.18. The second-order valence-corrected chi connectivity index (χ2v) is 9.86. The molecule has 0 amide bonds. The van der Waals surface area contributed by atoms with Crippen molar-refractivity contribution in [3.63, 3.8) is 0 Å². The Bertz CT molecular complexity index is 911. The predicted octanol–water partition coefficient (Wildman–Crippen LogP) is 5.26. The first-order chi connectivity index (χ1) is 15.7. The number of ether oxygens (including phenoxy) is 2. The van der Waals surface area contributed by atoms with E-state index in [1.54, 1.807) is 12.4 Å². The molecule has 5 unspecified atom stereocenters. The summed E-state index contributed by atoms with van der Waals surface area (Å²) in [5.74, 6) is 1.16. The zero-order valence-electron chi connectivity index (χ0n) is 20.6. The number of hydrogen-bond donors (Lipinski definition) is 0. The van der Waals surface area contributed by atoms with Crippen molar-refractivity contribution in [3.8, 4) is 0 Å². The molecule has 6 nitrogen and oxygen atoms in total. The summed E-state index contributed by atoms with van der Waals surface area (Å²) in [5, 5.41) is 0. The quantitative estimate of drug-likeness (QED) is 0.345. The summed E-state index contributed by atoms with van der Waals surface area (Å²) >= 11 is 0. The molecule has 0 N–H and O–H groups in total. The lowest BCUT2D eigenvalue weighted by Gasteiger charge is -2.42. The molecule has 1 aromatic rings. The summed E-state index contributed by atoms with van der Waals surface area (Å²) in [5.41, 5.74) is 2.08. The molecule has 180 valence electrons. The van der Waals surface area contributed by atoms with E-state index in [1.807, 2.05) is 17.8 Å².